The topological polar surface area (TPSA) is 132 Å². The van der Waals surface area contributed by atoms with E-state index in [1.807, 2.05) is 18.3 Å². The highest BCUT2D eigenvalue weighted by Gasteiger charge is 2.43. The van der Waals surface area contributed by atoms with E-state index in [-0.39, 0.29) is 30.0 Å². The van der Waals surface area contributed by atoms with Gasteiger partial charge >= 0.3 is 0 Å². The number of hydrogen-bond acceptors (Lipinski definition) is 8. The zero-order valence-corrected chi connectivity index (χ0v) is 19.2. The second kappa shape index (κ2) is 8.36. The van der Waals surface area contributed by atoms with Crippen LogP contribution in [0.2, 0.25) is 0 Å². The van der Waals surface area contributed by atoms with Crippen molar-refractivity contribution in [1.29, 1.82) is 0 Å². The first-order valence-electron chi connectivity index (χ1n) is 12.3. The van der Waals surface area contributed by atoms with Crippen molar-refractivity contribution in [2.24, 2.45) is 17.6 Å². The maximum atomic E-state index is 13.4. The molecule has 3 aliphatic rings. The van der Waals surface area contributed by atoms with E-state index in [9.17, 15) is 9.90 Å². The number of aliphatic hydroxyl groups excluding tert-OH is 1. The lowest BCUT2D eigenvalue weighted by Gasteiger charge is -2.42. The smallest absolute Gasteiger partial charge is 0.204 e. The van der Waals surface area contributed by atoms with Gasteiger partial charge in [-0.2, -0.15) is 0 Å². The fourth-order valence-electron chi connectivity index (χ4n) is 5.64. The van der Waals surface area contributed by atoms with Gasteiger partial charge in [0.2, 0.25) is 5.88 Å². The summed E-state index contributed by atoms with van der Waals surface area (Å²) in [4.78, 5) is 24.5. The standard InChI is InChI=1S/C26H31N5O3/c27-19-13-31(12-18(25(19)33)15-4-5-15)20-6-7-29-10-17(20)8-21(32)23-24-22(34-26(23)28)9-16(11-30-24)14-2-1-3-14/h6-7,9-11,14-15,18-19,25,33H,1-5,8,12-13,27-28H2/t18-,19-,25-/m1/s1. The van der Waals surface area contributed by atoms with E-state index < -0.39 is 6.10 Å². The van der Waals surface area contributed by atoms with Crippen LogP contribution in [0.4, 0.5) is 11.6 Å². The van der Waals surface area contributed by atoms with Gasteiger partial charge in [-0.25, -0.2) is 0 Å². The Labute approximate surface area is 198 Å². The van der Waals surface area contributed by atoms with Crippen LogP contribution in [0.3, 0.4) is 0 Å². The minimum atomic E-state index is -0.483. The van der Waals surface area contributed by atoms with E-state index in [1.165, 1.54) is 6.42 Å². The first-order chi connectivity index (χ1) is 16.5. The molecule has 3 aromatic heterocycles. The number of hydrogen-bond donors (Lipinski definition) is 3. The summed E-state index contributed by atoms with van der Waals surface area (Å²) >= 11 is 0. The van der Waals surface area contributed by atoms with Gasteiger partial charge in [-0.05, 0) is 55.2 Å². The molecule has 5 N–H and O–H groups in total. The van der Waals surface area contributed by atoms with Crippen LogP contribution in [-0.4, -0.2) is 46.1 Å². The number of anilines is 2. The van der Waals surface area contributed by atoms with Crippen LogP contribution in [0.15, 0.2) is 35.1 Å². The molecule has 2 aliphatic carbocycles. The molecule has 0 spiro atoms. The maximum absolute atomic E-state index is 13.4. The van der Waals surface area contributed by atoms with Crippen LogP contribution in [0, 0.1) is 11.8 Å². The lowest BCUT2D eigenvalue weighted by molar-refractivity contribution is 0.0593. The molecule has 8 nitrogen and oxygen atoms in total. The van der Waals surface area contributed by atoms with Gasteiger partial charge in [-0.15, -0.1) is 0 Å². The van der Waals surface area contributed by atoms with Gasteiger partial charge in [-0.1, -0.05) is 6.42 Å². The summed E-state index contributed by atoms with van der Waals surface area (Å²) in [6.07, 6.45) is 10.8. The lowest BCUT2D eigenvalue weighted by atomic mass is 9.81. The minimum Gasteiger partial charge on any atom is -0.438 e. The third kappa shape index (κ3) is 3.75. The van der Waals surface area contributed by atoms with Crippen molar-refractivity contribution >= 4 is 28.5 Å². The van der Waals surface area contributed by atoms with E-state index in [1.54, 1.807) is 12.4 Å². The number of pyridine rings is 2. The summed E-state index contributed by atoms with van der Waals surface area (Å²) in [6, 6.07) is 3.59. The highest BCUT2D eigenvalue weighted by Crippen LogP contribution is 2.42. The predicted molar refractivity (Wildman–Crippen MR) is 130 cm³/mol. The van der Waals surface area contributed by atoms with Crippen LogP contribution in [0.1, 0.15) is 59.5 Å². The van der Waals surface area contributed by atoms with Crippen LogP contribution >= 0.6 is 0 Å². The van der Waals surface area contributed by atoms with Crippen LogP contribution in [0.5, 0.6) is 0 Å². The van der Waals surface area contributed by atoms with Crippen molar-refractivity contribution < 1.29 is 14.3 Å². The number of ketones is 1. The molecule has 0 unspecified atom stereocenters. The van der Waals surface area contributed by atoms with Crippen molar-refractivity contribution in [1.82, 2.24) is 9.97 Å². The summed E-state index contributed by atoms with van der Waals surface area (Å²) in [5.41, 5.74) is 16.8. The quantitative estimate of drug-likeness (QED) is 0.477. The molecule has 0 amide bonds. The number of nitrogen functional groups attached to an aromatic ring is 1. The molecule has 0 bridgehead atoms. The molecule has 0 aromatic carbocycles. The Kier molecular flexibility index (Phi) is 5.30. The Hall–Kier alpha value is -2.97. The molecule has 8 heteroatoms. The summed E-state index contributed by atoms with van der Waals surface area (Å²) in [5.74, 6) is 1.18. The highest BCUT2D eigenvalue weighted by molar-refractivity contribution is 6.10. The lowest BCUT2D eigenvalue weighted by Crippen LogP contribution is -2.57. The number of Topliss-reactive ketones (excluding diaryl/α,β-unsaturated/α-hetero) is 1. The van der Waals surface area contributed by atoms with Crippen LogP contribution in [-0.2, 0) is 6.42 Å². The van der Waals surface area contributed by atoms with Crippen LogP contribution in [0.25, 0.3) is 11.1 Å². The molecule has 1 saturated heterocycles. The van der Waals surface area contributed by atoms with Gasteiger partial charge < -0.3 is 25.9 Å². The van der Waals surface area contributed by atoms with E-state index in [0.717, 1.165) is 49.0 Å². The number of nitrogens with two attached hydrogens (primary N) is 2. The van der Waals surface area contributed by atoms with Gasteiger partial charge in [0.05, 0.1) is 6.10 Å². The fraction of sp³-hybridized carbons (Fsp3) is 0.500. The Balaban J connectivity index is 1.27. The van der Waals surface area contributed by atoms with Gasteiger partial charge in [0.15, 0.2) is 11.4 Å². The fourth-order valence-corrected chi connectivity index (χ4v) is 5.64. The molecule has 6 rings (SSSR count). The largest absolute Gasteiger partial charge is 0.438 e. The number of aromatic nitrogens is 2. The number of aliphatic hydroxyl groups is 1. The van der Waals surface area contributed by atoms with E-state index in [2.05, 4.69) is 14.9 Å². The normalized spacial score (nSPS) is 25.5. The molecule has 3 aromatic rings. The third-order valence-corrected chi connectivity index (χ3v) is 7.97. The van der Waals surface area contributed by atoms with E-state index >= 15 is 0 Å². The summed E-state index contributed by atoms with van der Waals surface area (Å²) < 4.78 is 5.76. The Morgan fingerprint density at radius 1 is 1.21 bits per heavy atom. The molecule has 178 valence electrons. The number of nitrogens with zero attached hydrogens (tertiary/aromatic N) is 3. The molecular weight excluding hydrogens is 430 g/mol. The molecular formula is C26H31N5O3. The Morgan fingerprint density at radius 2 is 2.03 bits per heavy atom. The van der Waals surface area contributed by atoms with Crippen molar-refractivity contribution in [3.63, 3.8) is 0 Å². The highest BCUT2D eigenvalue weighted by atomic mass is 16.3. The molecule has 4 heterocycles. The van der Waals surface area contributed by atoms with Gasteiger partial charge in [0, 0.05) is 61.3 Å². The minimum absolute atomic E-state index is 0.112. The molecule has 3 atom stereocenters. The molecule has 34 heavy (non-hydrogen) atoms. The van der Waals surface area contributed by atoms with Gasteiger partial charge in [0.1, 0.15) is 11.1 Å². The van der Waals surface area contributed by atoms with Gasteiger partial charge in [0.25, 0.3) is 0 Å². The van der Waals surface area contributed by atoms with Crippen molar-refractivity contribution in [2.45, 2.75) is 56.6 Å². The first kappa shape index (κ1) is 21.6. The first-order valence-corrected chi connectivity index (χ1v) is 12.3. The van der Waals surface area contributed by atoms with Crippen molar-refractivity contribution in [2.75, 3.05) is 23.7 Å². The summed E-state index contributed by atoms with van der Waals surface area (Å²) in [7, 11) is 0. The zero-order chi connectivity index (χ0) is 23.4. The number of carbonyl (C=O) groups excluding carboxylic acids is 1. The average Bonchev–Trinajstić information content (AvgIpc) is 3.56. The summed E-state index contributed by atoms with van der Waals surface area (Å²) in [5, 5.41) is 10.6. The van der Waals surface area contributed by atoms with Crippen molar-refractivity contribution in [3.05, 3.63) is 47.4 Å². The number of fused-ring (bicyclic) bond motifs is 1. The monoisotopic (exact) mass is 461 g/mol. The second-order valence-corrected chi connectivity index (χ2v) is 10.2. The molecule has 1 aliphatic heterocycles. The number of piperidine rings is 1. The Bertz CT molecular complexity index is 1230. The van der Waals surface area contributed by atoms with Gasteiger partial charge in [-0.3, -0.25) is 14.8 Å². The average molecular weight is 462 g/mol. The molecule has 0 radical (unpaired) electrons. The molecule has 3 fully saturated rings. The number of rotatable bonds is 6. The second-order valence-electron chi connectivity index (χ2n) is 10.2. The zero-order valence-electron chi connectivity index (χ0n) is 19.2. The Morgan fingerprint density at radius 3 is 2.76 bits per heavy atom. The maximum Gasteiger partial charge on any atom is 0.204 e. The molecule has 2 saturated carbocycles. The third-order valence-electron chi connectivity index (χ3n) is 7.97. The van der Waals surface area contributed by atoms with E-state index in [4.69, 9.17) is 15.9 Å². The van der Waals surface area contributed by atoms with Crippen molar-refractivity contribution in [3.8, 4) is 0 Å². The SMILES string of the molecule is Nc1oc2cc(C3CCC3)cnc2c1C(=O)Cc1cnccc1N1C[C@@H](N)[C@H](O)[C@@H](C2CC2)C1. The van der Waals surface area contributed by atoms with E-state index in [0.29, 0.717) is 35.0 Å². The van der Waals surface area contributed by atoms with Crippen LogP contribution < -0.4 is 16.4 Å². The number of furan rings is 1. The predicted octanol–water partition coefficient (Wildman–Crippen LogP) is 3.03. The number of carbonyl (C=O) groups is 1. The summed E-state index contributed by atoms with van der Waals surface area (Å²) in [6.45, 7) is 1.27.